The van der Waals surface area contributed by atoms with Crippen molar-refractivity contribution >= 4 is 16.7 Å². The minimum Gasteiger partial charge on any atom is -0.495 e. The van der Waals surface area contributed by atoms with Crippen LogP contribution in [-0.4, -0.2) is 12.1 Å². The van der Waals surface area contributed by atoms with Gasteiger partial charge < -0.3 is 18.9 Å². The van der Waals surface area contributed by atoms with E-state index in [0.29, 0.717) is 6.54 Å². The molecule has 2 aromatic carbocycles. The molecule has 0 aliphatic rings. The van der Waals surface area contributed by atoms with Crippen molar-refractivity contribution in [2.75, 3.05) is 12.4 Å². The predicted octanol–water partition coefficient (Wildman–Crippen LogP) is 4.71. The summed E-state index contributed by atoms with van der Waals surface area (Å²) in [5.74, 6) is 1.49. The number of hydrogen-bond donors (Lipinski definition) is 1. The summed E-state index contributed by atoms with van der Waals surface area (Å²) >= 11 is 0. The fourth-order valence-electron chi connectivity index (χ4n) is 2.72. The van der Waals surface area contributed by atoms with Gasteiger partial charge in [-0.3, -0.25) is 0 Å². The normalized spacial score (nSPS) is 10.9. The zero-order chi connectivity index (χ0) is 16.4. The Kier molecular flexibility index (Phi) is 3.67. The third-order valence-corrected chi connectivity index (χ3v) is 3.95. The van der Waals surface area contributed by atoms with E-state index in [2.05, 4.69) is 16.4 Å². The molecule has 5 nitrogen and oxygen atoms in total. The Labute approximate surface area is 138 Å². The molecule has 4 rings (SSSR count). The number of furan rings is 1. The van der Waals surface area contributed by atoms with Crippen LogP contribution in [0.2, 0.25) is 0 Å². The van der Waals surface area contributed by atoms with E-state index in [0.717, 1.165) is 39.3 Å². The van der Waals surface area contributed by atoms with Gasteiger partial charge in [-0.15, -0.1) is 0 Å². The minimum absolute atomic E-state index is 0.632. The SMILES string of the molecule is COc1ccc(-c2cnco2)cc1NCc1coc2ccccc12. The lowest BCUT2D eigenvalue weighted by Crippen LogP contribution is -2.01. The smallest absolute Gasteiger partial charge is 0.181 e. The standard InChI is InChI=1S/C19H16N2O3/c1-22-18-7-6-13(19-10-20-12-24-19)8-16(18)21-9-14-11-23-17-5-3-2-4-15(14)17/h2-8,10-12,21H,9H2,1H3. The van der Waals surface area contributed by atoms with E-state index in [-0.39, 0.29) is 0 Å². The van der Waals surface area contributed by atoms with Gasteiger partial charge in [-0.25, -0.2) is 4.98 Å². The molecular formula is C19H16N2O3. The second kappa shape index (κ2) is 6.12. The first-order chi connectivity index (χ1) is 11.8. The van der Waals surface area contributed by atoms with Gasteiger partial charge in [-0.1, -0.05) is 18.2 Å². The van der Waals surface area contributed by atoms with Crippen molar-refractivity contribution in [3.63, 3.8) is 0 Å². The monoisotopic (exact) mass is 320 g/mol. The third-order valence-electron chi connectivity index (χ3n) is 3.95. The van der Waals surface area contributed by atoms with Gasteiger partial charge in [0.25, 0.3) is 0 Å². The van der Waals surface area contributed by atoms with Crippen LogP contribution in [0.5, 0.6) is 5.75 Å². The van der Waals surface area contributed by atoms with Crippen LogP contribution in [-0.2, 0) is 6.54 Å². The fraction of sp³-hybridized carbons (Fsp3) is 0.105. The highest BCUT2D eigenvalue weighted by Crippen LogP contribution is 2.31. The van der Waals surface area contributed by atoms with E-state index in [1.54, 1.807) is 19.6 Å². The Morgan fingerprint density at radius 2 is 2.04 bits per heavy atom. The van der Waals surface area contributed by atoms with Gasteiger partial charge in [0.2, 0.25) is 0 Å². The molecule has 4 aromatic rings. The van der Waals surface area contributed by atoms with E-state index in [1.807, 2.05) is 36.4 Å². The molecule has 0 spiro atoms. The van der Waals surface area contributed by atoms with Gasteiger partial charge in [-0.05, 0) is 24.3 Å². The first-order valence-corrected chi connectivity index (χ1v) is 7.61. The maximum absolute atomic E-state index is 5.58. The topological polar surface area (TPSA) is 60.4 Å². The Balaban J connectivity index is 1.62. The highest BCUT2D eigenvalue weighted by atomic mass is 16.5. The minimum atomic E-state index is 0.632. The predicted molar refractivity (Wildman–Crippen MR) is 92.0 cm³/mol. The van der Waals surface area contributed by atoms with E-state index >= 15 is 0 Å². The van der Waals surface area contributed by atoms with Crippen LogP contribution in [0.1, 0.15) is 5.56 Å². The van der Waals surface area contributed by atoms with E-state index in [9.17, 15) is 0 Å². The van der Waals surface area contributed by atoms with Gasteiger partial charge in [0, 0.05) is 23.1 Å². The van der Waals surface area contributed by atoms with Crippen LogP contribution in [0, 0.1) is 0 Å². The highest BCUT2D eigenvalue weighted by molar-refractivity contribution is 5.81. The van der Waals surface area contributed by atoms with Crippen molar-refractivity contribution in [3.8, 4) is 17.1 Å². The number of hydrogen-bond acceptors (Lipinski definition) is 5. The largest absolute Gasteiger partial charge is 0.495 e. The number of ether oxygens (including phenoxy) is 1. The van der Waals surface area contributed by atoms with Crippen LogP contribution in [0.25, 0.3) is 22.3 Å². The lowest BCUT2D eigenvalue weighted by molar-refractivity contribution is 0.416. The second-order valence-corrected chi connectivity index (χ2v) is 5.39. The zero-order valence-corrected chi connectivity index (χ0v) is 13.2. The quantitative estimate of drug-likeness (QED) is 0.577. The molecule has 0 bridgehead atoms. The average molecular weight is 320 g/mol. The number of anilines is 1. The Bertz CT molecular complexity index is 958. The summed E-state index contributed by atoms with van der Waals surface area (Å²) in [7, 11) is 1.65. The molecule has 0 aliphatic carbocycles. The van der Waals surface area contributed by atoms with Crippen molar-refractivity contribution in [3.05, 3.63) is 66.9 Å². The number of fused-ring (bicyclic) bond motifs is 1. The molecule has 120 valence electrons. The van der Waals surface area contributed by atoms with E-state index < -0.39 is 0 Å². The van der Waals surface area contributed by atoms with Crippen LogP contribution in [0.15, 0.2) is 70.2 Å². The number of rotatable bonds is 5. The summed E-state index contributed by atoms with van der Waals surface area (Å²) in [5.41, 5.74) is 3.80. The first kappa shape index (κ1) is 14.4. The molecule has 5 heteroatoms. The van der Waals surface area contributed by atoms with E-state index in [1.165, 1.54) is 6.39 Å². The number of benzene rings is 2. The van der Waals surface area contributed by atoms with Crippen LogP contribution in [0.4, 0.5) is 5.69 Å². The average Bonchev–Trinajstić information content (AvgIpc) is 3.30. The third kappa shape index (κ3) is 2.60. The fourth-order valence-corrected chi connectivity index (χ4v) is 2.72. The molecule has 0 fully saturated rings. The van der Waals surface area contributed by atoms with Gasteiger partial charge in [0.1, 0.15) is 11.3 Å². The van der Waals surface area contributed by atoms with Gasteiger partial charge in [-0.2, -0.15) is 0 Å². The van der Waals surface area contributed by atoms with Crippen molar-refractivity contribution in [1.82, 2.24) is 4.98 Å². The van der Waals surface area contributed by atoms with Gasteiger partial charge >= 0.3 is 0 Å². The molecule has 2 heterocycles. The number of para-hydroxylation sites is 1. The molecule has 2 aromatic heterocycles. The Morgan fingerprint density at radius 3 is 2.88 bits per heavy atom. The molecule has 0 aliphatic heterocycles. The van der Waals surface area contributed by atoms with Gasteiger partial charge in [0.05, 0.1) is 25.3 Å². The molecule has 0 atom stereocenters. The van der Waals surface area contributed by atoms with Crippen LogP contribution in [0.3, 0.4) is 0 Å². The number of nitrogens with one attached hydrogen (secondary N) is 1. The summed E-state index contributed by atoms with van der Waals surface area (Å²) in [6, 6.07) is 13.8. The number of nitrogens with zero attached hydrogens (tertiary/aromatic N) is 1. The maximum Gasteiger partial charge on any atom is 0.181 e. The summed E-state index contributed by atoms with van der Waals surface area (Å²) in [5, 5.41) is 4.52. The Hall–Kier alpha value is -3.21. The van der Waals surface area contributed by atoms with Crippen molar-refractivity contribution in [2.45, 2.75) is 6.54 Å². The lowest BCUT2D eigenvalue weighted by atomic mass is 10.1. The van der Waals surface area contributed by atoms with Crippen LogP contribution < -0.4 is 10.1 Å². The molecule has 0 unspecified atom stereocenters. The van der Waals surface area contributed by atoms with Gasteiger partial charge in [0.15, 0.2) is 12.2 Å². The number of oxazole rings is 1. The Morgan fingerprint density at radius 1 is 1.12 bits per heavy atom. The molecule has 1 N–H and O–H groups in total. The van der Waals surface area contributed by atoms with E-state index in [4.69, 9.17) is 13.6 Å². The lowest BCUT2D eigenvalue weighted by Gasteiger charge is -2.12. The van der Waals surface area contributed by atoms with Crippen LogP contribution >= 0.6 is 0 Å². The summed E-state index contributed by atoms with van der Waals surface area (Å²) < 4.78 is 16.4. The molecule has 0 amide bonds. The molecule has 0 saturated carbocycles. The number of aromatic nitrogens is 1. The molecular weight excluding hydrogens is 304 g/mol. The maximum atomic E-state index is 5.58. The van der Waals surface area contributed by atoms with Crippen molar-refractivity contribution < 1.29 is 13.6 Å². The number of methoxy groups -OCH3 is 1. The highest BCUT2D eigenvalue weighted by Gasteiger charge is 2.10. The molecule has 0 saturated heterocycles. The zero-order valence-electron chi connectivity index (χ0n) is 13.2. The van der Waals surface area contributed by atoms with Crippen molar-refractivity contribution in [1.29, 1.82) is 0 Å². The summed E-state index contributed by atoms with van der Waals surface area (Å²) in [6.07, 6.45) is 4.89. The summed E-state index contributed by atoms with van der Waals surface area (Å²) in [6.45, 7) is 0.632. The molecule has 0 radical (unpaired) electrons. The summed E-state index contributed by atoms with van der Waals surface area (Å²) in [4.78, 5) is 3.96. The second-order valence-electron chi connectivity index (χ2n) is 5.39. The first-order valence-electron chi connectivity index (χ1n) is 7.61. The van der Waals surface area contributed by atoms with Crippen molar-refractivity contribution in [2.24, 2.45) is 0 Å². The molecule has 24 heavy (non-hydrogen) atoms.